The van der Waals surface area contributed by atoms with Crippen LogP contribution in [-0.2, 0) is 24.5 Å². The molecule has 0 saturated carbocycles. The Morgan fingerprint density at radius 3 is 0.862 bits per heavy atom. The second-order valence-corrected chi connectivity index (χ2v) is 7.06. The summed E-state index contributed by atoms with van der Waals surface area (Å²) < 4.78 is 19.6. The van der Waals surface area contributed by atoms with Gasteiger partial charge in [-0.15, -0.1) is 79.5 Å². The summed E-state index contributed by atoms with van der Waals surface area (Å²) in [4.78, 5) is 0. The van der Waals surface area contributed by atoms with Crippen molar-refractivity contribution in [3.8, 4) is 0 Å². The summed E-state index contributed by atoms with van der Waals surface area (Å²) in [5.41, 5.74) is 0. The Balaban J connectivity index is 0.000000125. The van der Waals surface area contributed by atoms with Crippen molar-refractivity contribution in [3.05, 3.63) is 109 Å². The standard InChI is InChI=1S/2C13H9.2FH.Zr/c2*1-3-7-12-10(5-1)9-11-6-2-4-8-13(11)12;;;/h2*1-9H;2*1H;/q2*-1;;;+4/p-2. The molecule has 0 bridgehead atoms. The molecular weight excluding hydrogens is 442 g/mol. The Morgan fingerprint density at radius 2 is 0.621 bits per heavy atom. The molecule has 0 aliphatic carbocycles. The minimum absolute atomic E-state index is 1.34. The number of hydrogen-bond acceptors (Lipinski definition) is 0. The molecule has 0 saturated heterocycles. The normalized spacial score (nSPS) is 10.3. The molecule has 0 radical (unpaired) electrons. The maximum Gasteiger partial charge on any atom is -0.0771 e. The minimum Gasteiger partial charge on any atom is -0.126 e. The smallest absolute Gasteiger partial charge is 0.0771 e. The van der Waals surface area contributed by atoms with E-state index in [4.69, 9.17) is 0 Å². The van der Waals surface area contributed by atoms with E-state index in [1.807, 2.05) is 0 Å². The van der Waals surface area contributed by atoms with E-state index in [-0.39, 0.29) is 0 Å². The van der Waals surface area contributed by atoms with E-state index in [2.05, 4.69) is 109 Å². The number of hydrogen-bond donors (Lipinski definition) is 0. The Hall–Kier alpha value is -2.64. The Bertz CT molecular complexity index is 1150. The molecule has 6 aromatic carbocycles. The Kier molecular flexibility index (Phi) is 6.27. The van der Waals surface area contributed by atoms with E-state index in [1.165, 1.54) is 43.1 Å². The summed E-state index contributed by atoms with van der Waals surface area (Å²) >= 11 is -2.77. The zero-order valence-corrected chi connectivity index (χ0v) is 18.1. The van der Waals surface area contributed by atoms with Gasteiger partial charge in [0.2, 0.25) is 0 Å². The molecule has 0 atom stereocenters. The molecule has 6 aromatic rings. The van der Waals surface area contributed by atoms with Crippen molar-refractivity contribution in [1.82, 2.24) is 0 Å². The van der Waals surface area contributed by atoms with Crippen molar-refractivity contribution >= 4 is 43.1 Å². The molecule has 0 aromatic heterocycles. The number of rotatable bonds is 0. The largest absolute Gasteiger partial charge is 0.126 e. The van der Waals surface area contributed by atoms with Crippen LogP contribution in [0.3, 0.4) is 0 Å². The summed E-state index contributed by atoms with van der Waals surface area (Å²) in [5, 5.41) is 10.8. The van der Waals surface area contributed by atoms with E-state index in [0.29, 0.717) is 0 Å². The molecule has 0 nitrogen and oxygen atoms in total. The van der Waals surface area contributed by atoms with Crippen molar-refractivity contribution in [2.24, 2.45) is 0 Å². The quantitative estimate of drug-likeness (QED) is 0.201. The van der Waals surface area contributed by atoms with Crippen molar-refractivity contribution < 1.29 is 29.7 Å². The van der Waals surface area contributed by atoms with Gasteiger partial charge in [0.15, 0.2) is 0 Å². The van der Waals surface area contributed by atoms with E-state index >= 15 is 0 Å². The first-order valence-electron chi connectivity index (χ1n) is 9.34. The third-order valence-corrected chi connectivity index (χ3v) is 5.05. The summed E-state index contributed by atoms with van der Waals surface area (Å²) in [6, 6.07) is 38.5. The maximum absolute atomic E-state index is 9.80. The van der Waals surface area contributed by atoms with Gasteiger partial charge in [-0.3, -0.25) is 0 Å². The van der Waals surface area contributed by atoms with E-state index in [0.717, 1.165) is 0 Å². The van der Waals surface area contributed by atoms with E-state index in [9.17, 15) is 5.25 Å². The molecule has 0 N–H and O–H groups in total. The minimum atomic E-state index is -2.77. The molecule has 0 amide bonds. The third kappa shape index (κ3) is 4.21. The van der Waals surface area contributed by atoms with Crippen LogP contribution in [-0.4, -0.2) is 0 Å². The van der Waals surface area contributed by atoms with Crippen molar-refractivity contribution in [2.75, 3.05) is 0 Å². The molecule has 29 heavy (non-hydrogen) atoms. The first-order chi connectivity index (χ1) is 14.3. The Labute approximate surface area is 181 Å². The topological polar surface area (TPSA) is 0 Å². The maximum atomic E-state index is 9.80. The van der Waals surface area contributed by atoms with Crippen LogP contribution < -0.4 is 0 Å². The molecule has 0 unspecified atom stereocenters. The molecule has 0 spiro atoms. The predicted octanol–water partition coefficient (Wildman–Crippen LogP) is 8.26. The number of benzene rings is 4. The van der Waals surface area contributed by atoms with Crippen LogP contribution in [0.2, 0.25) is 0 Å². The van der Waals surface area contributed by atoms with Gasteiger partial charge in [0.1, 0.15) is 0 Å². The molecule has 6 rings (SSSR count). The third-order valence-electron chi connectivity index (χ3n) is 5.05. The molecule has 0 aliphatic heterocycles. The van der Waals surface area contributed by atoms with Crippen LogP contribution >= 0.6 is 0 Å². The SMILES string of the molecule is [F][Zr+2][F].c1ccc2c(c1)[cH-]c1ccccc12.c1ccc2c(c1)[cH-]c1ccccc12. The fourth-order valence-corrected chi connectivity index (χ4v) is 3.81. The van der Waals surface area contributed by atoms with Gasteiger partial charge in [0.25, 0.3) is 0 Å². The van der Waals surface area contributed by atoms with Gasteiger partial charge in [-0.1, -0.05) is 72.8 Å². The van der Waals surface area contributed by atoms with Crippen molar-refractivity contribution in [3.63, 3.8) is 0 Å². The average molecular weight is 460 g/mol. The van der Waals surface area contributed by atoms with E-state index in [1.54, 1.807) is 0 Å². The van der Waals surface area contributed by atoms with Crippen LogP contribution in [0.15, 0.2) is 109 Å². The molecule has 3 heteroatoms. The van der Waals surface area contributed by atoms with Gasteiger partial charge in [0.05, 0.1) is 0 Å². The number of fused-ring (bicyclic) bond motifs is 6. The zero-order chi connectivity index (χ0) is 20.1. The van der Waals surface area contributed by atoms with Crippen LogP contribution in [0.1, 0.15) is 0 Å². The fraction of sp³-hybridized carbons (Fsp3) is 0. The second kappa shape index (κ2) is 9.24. The van der Waals surface area contributed by atoms with Gasteiger partial charge in [0, 0.05) is 0 Å². The second-order valence-electron chi connectivity index (χ2n) is 6.71. The summed E-state index contributed by atoms with van der Waals surface area (Å²) in [5.74, 6) is 0. The number of halogens is 2. The molecule has 0 aliphatic rings. The molecule has 0 heterocycles. The van der Waals surface area contributed by atoms with Gasteiger partial charge >= 0.3 is 29.7 Å². The fourth-order valence-electron chi connectivity index (χ4n) is 3.81. The molecular formula is C26H18F2Zr. The van der Waals surface area contributed by atoms with E-state index < -0.39 is 24.5 Å². The van der Waals surface area contributed by atoms with Gasteiger partial charge in [-0.2, -0.15) is 0 Å². The first kappa shape index (κ1) is 19.7. The zero-order valence-electron chi connectivity index (χ0n) is 15.6. The average Bonchev–Trinajstić information content (AvgIpc) is 3.33. The molecule has 0 fully saturated rings. The summed E-state index contributed by atoms with van der Waals surface area (Å²) in [7, 11) is 0. The monoisotopic (exact) mass is 458 g/mol. The van der Waals surface area contributed by atoms with Crippen LogP contribution in [0.4, 0.5) is 5.25 Å². The summed E-state index contributed by atoms with van der Waals surface area (Å²) in [6.45, 7) is 0. The summed E-state index contributed by atoms with van der Waals surface area (Å²) in [6.07, 6.45) is 0. The Morgan fingerprint density at radius 1 is 0.414 bits per heavy atom. The van der Waals surface area contributed by atoms with Crippen LogP contribution in [0.5, 0.6) is 0 Å². The van der Waals surface area contributed by atoms with Gasteiger partial charge in [-0.25, -0.2) is 0 Å². The first-order valence-corrected chi connectivity index (χ1v) is 11.2. The van der Waals surface area contributed by atoms with Gasteiger partial charge in [-0.05, 0) is 0 Å². The molecule has 140 valence electrons. The van der Waals surface area contributed by atoms with Crippen molar-refractivity contribution in [1.29, 1.82) is 0 Å². The van der Waals surface area contributed by atoms with Crippen LogP contribution in [0, 0.1) is 0 Å². The van der Waals surface area contributed by atoms with Gasteiger partial charge < -0.3 is 0 Å². The van der Waals surface area contributed by atoms with Crippen LogP contribution in [0.25, 0.3) is 43.1 Å². The predicted molar refractivity (Wildman–Crippen MR) is 116 cm³/mol. The van der Waals surface area contributed by atoms with Crippen molar-refractivity contribution in [2.45, 2.75) is 0 Å².